The highest BCUT2D eigenvalue weighted by molar-refractivity contribution is 8.02. The highest BCUT2D eigenvalue weighted by atomic mass is 32.2. The van der Waals surface area contributed by atoms with Gasteiger partial charge in [0.25, 0.3) is 11.5 Å². The summed E-state index contributed by atoms with van der Waals surface area (Å²) in [5.41, 5.74) is 7.38. The van der Waals surface area contributed by atoms with Crippen LogP contribution in [0.15, 0.2) is 144 Å². The molecule has 1 unspecified atom stereocenters. The highest BCUT2D eigenvalue weighted by Gasteiger charge is 2.63. The number of aryl methyl sites for hydroxylation is 2. The van der Waals surface area contributed by atoms with E-state index in [4.69, 9.17) is 14.9 Å². The first-order chi connectivity index (χ1) is 34.1. The van der Waals surface area contributed by atoms with Crippen LogP contribution in [0.25, 0.3) is 17.1 Å². The van der Waals surface area contributed by atoms with E-state index in [9.17, 15) is 9.59 Å². The predicted molar refractivity (Wildman–Crippen MR) is 270 cm³/mol. The molecule has 4 aliphatic heterocycles. The van der Waals surface area contributed by atoms with Gasteiger partial charge in [-0.3, -0.25) is 28.8 Å². The summed E-state index contributed by atoms with van der Waals surface area (Å²) in [5.74, 6) is 0.429. The summed E-state index contributed by atoms with van der Waals surface area (Å²) in [5, 5.41) is 10.1. The third-order valence-corrected chi connectivity index (χ3v) is 15.9. The van der Waals surface area contributed by atoms with Crippen molar-refractivity contribution in [2.45, 2.75) is 56.7 Å². The van der Waals surface area contributed by atoms with Crippen molar-refractivity contribution in [3.8, 4) is 28.8 Å². The van der Waals surface area contributed by atoms with Crippen LogP contribution in [0.2, 0.25) is 0 Å². The maximum absolute atomic E-state index is 15.8. The van der Waals surface area contributed by atoms with Crippen molar-refractivity contribution < 1.29 is 19.1 Å². The molecule has 1 fully saturated rings. The summed E-state index contributed by atoms with van der Waals surface area (Å²) in [6.07, 6.45) is 2.99. The van der Waals surface area contributed by atoms with Gasteiger partial charge in [0.2, 0.25) is 28.4 Å². The summed E-state index contributed by atoms with van der Waals surface area (Å²) in [6.45, 7) is 6.61. The van der Waals surface area contributed by atoms with Crippen molar-refractivity contribution in [1.29, 1.82) is 0 Å². The number of rotatable bonds is 11. The second-order valence-corrected chi connectivity index (χ2v) is 19.5. The Morgan fingerprint density at radius 2 is 1.04 bits per heavy atom. The van der Waals surface area contributed by atoms with Gasteiger partial charge in [0.1, 0.15) is 11.1 Å². The number of benzene rings is 5. The maximum atomic E-state index is 15.8. The van der Waals surface area contributed by atoms with Crippen LogP contribution in [0.1, 0.15) is 65.0 Å². The average Bonchev–Trinajstić information content (AvgIpc) is 4.18. The molecule has 0 saturated carbocycles. The third kappa shape index (κ3) is 5.99. The lowest BCUT2D eigenvalue weighted by atomic mass is 9.69. The van der Waals surface area contributed by atoms with Gasteiger partial charge in [-0.2, -0.15) is 10.2 Å². The second kappa shape index (κ2) is 16.4. The number of unbranched alkanes of at least 4 members (excludes halogenated alkanes) is 3. The van der Waals surface area contributed by atoms with Crippen LogP contribution in [0.4, 0.5) is 17.1 Å². The molecular formula is C55H49N9O5S. The Morgan fingerprint density at radius 3 is 1.60 bits per heavy atom. The fourth-order valence-electron chi connectivity index (χ4n) is 11.4. The average molecular weight is 948 g/mol. The molecule has 350 valence electrons. The van der Waals surface area contributed by atoms with Crippen LogP contribution in [0.3, 0.4) is 0 Å². The SMILES string of the molecule is Cc1nn(-c2ccccc2)c2c1C1(C(=O)N(CCCCCCN3C(=O)C4(SCC(=O)N4c4c(C)n(C)n(-c5ccccc5)c4=O)c4ccccc43)c3ccccc31)c1c(C)nn(-c3ccccc3)c1O2. The number of ether oxygens (including phenoxy) is 1. The minimum absolute atomic E-state index is 0.0617. The zero-order chi connectivity index (χ0) is 48.1. The number of anilines is 3. The van der Waals surface area contributed by atoms with Crippen molar-refractivity contribution in [2.75, 3.05) is 33.5 Å². The molecular weight excluding hydrogens is 899 g/mol. The van der Waals surface area contributed by atoms with Crippen LogP contribution in [-0.2, 0) is 31.7 Å². The minimum Gasteiger partial charge on any atom is -0.420 e. The summed E-state index contributed by atoms with van der Waals surface area (Å²) in [6, 6.07) is 44.6. The quantitative estimate of drug-likeness (QED) is 0.118. The molecule has 14 nitrogen and oxygen atoms in total. The molecule has 3 aromatic heterocycles. The van der Waals surface area contributed by atoms with Crippen molar-refractivity contribution in [1.82, 2.24) is 28.9 Å². The Labute approximate surface area is 408 Å². The molecule has 0 bridgehead atoms. The summed E-state index contributed by atoms with van der Waals surface area (Å²) < 4.78 is 13.8. The first kappa shape index (κ1) is 43.4. The first-order valence-corrected chi connectivity index (χ1v) is 24.7. The molecule has 1 saturated heterocycles. The minimum atomic E-state index is -1.41. The monoisotopic (exact) mass is 947 g/mol. The Kier molecular flexibility index (Phi) is 10.1. The molecule has 8 aromatic rings. The summed E-state index contributed by atoms with van der Waals surface area (Å²) in [4.78, 5) is 63.0. The van der Waals surface area contributed by atoms with E-state index in [1.54, 1.807) is 30.7 Å². The van der Waals surface area contributed by atoms with Gasteiger partial charge in [-0.15, -0.1) is 11.8 Å². The van der Waals surface area contributed by atoms with E-state index >= 15 is 9.59 Å². The van der Waals surface area contributed by atoms with E-state index in [-0.39, 0.29) is 34.7 Å². The summed E-state index contributed by atoms with van der Waals surface area (Å²) >= 11 is 1.28. The number of amides is 3. The number of aromatic nitrogens is 6. The largest absolute Gasteiger partial charge is 0.420 e. The lowest BCUT2D eigenvalue weighted by Crippen LogP contribution is -2.51. The first-order valence-electron chi connectivity index (χ1n) is 23.7. The normalized spacial score (nSPS) is 17.4. The van der Waals surface area contributed by atoms with Crippen LogP contribution in [-0.4, -0.2) is 65.5 Å². The Hall–Kier alpha value is -7.91. The van der Waals surface area contributed by atoms with Crippen molar-refractivity contribution in [3.05, 3.63) is 189 Å². The highest BCUT2D eigenvalue weighted by Crippen LogP contribution is 2.61. The summed E-state index contributed by atoms with van der Waals surface area (Å²) in [7, 11) is 1.79. The van der Waals surface area contributed by atoms with E-state index < -0.39 is 10.3 Å². The van der Waals surface area contributed by atoms with E-state index in [2.05, 4.69) is 6.07 Å². The standard InChI is InChI=1S/C55H49N9O5S/c1-35-46-50(62(56-35)38-22-10-7-11-23-38)69-51-47(36(2)57-63(51)39-24-12-8-13-25-39)54(46)41-28-16-18-30-43(41)59(52(54)67)32-20-5-6-21-33-60-44-31-19-17-29-42(44)55(53(60)68)61(45(65)34-70-55)48-37(3)58(4)64(49(48)66)40-26-14-9-15-27-40/h7-19,22-31H,5-6,20-21,32-34H2,1-4H3. The maximum Gasteiger partial charge on any atom is 0.295 e. The van der Waals surface area contributed by atoms with Gasteiger partial charge >= 0.3 is 0 Å². The van der Waals surface area contributed by atoms with E-state index in [1.165, 1.54) is 16.7 Å². The van der Waals surface area contributed by atoms with E-state index in [0.29, 0.717) is 77.2 Å². The van der Waals surface area contributed by atoms with Crippen LogP contribution in [0, 0.1) is 20.8 Å². The second-order valence-electron chi connectivity index (χ2n) is 18.3. The molecule has 1 atom stereocenters. The molecule has 2 spiro atoms. The number of carbonyl (C=O) groups excluding carboxylic acids is 3. The van der Waals surface area contributed by atoms with Crippen molar-refractivity contribution in [3.63, 3.8) is 0 Å². The van der Waals surface area contributed by atoms with Gasteiger partial charge < -0.3 is 14.5 Å². The van der Waals surface area contributed by atoms with Crippen LogP contribution < -0.4 is 25.0 Å². The number of nitrogens with zero attached hydrogens (tertiary/aromatic N) is 9. The number of para-hydroxylation sites is 5. The molecule has 7 heterocycles. The number of thioether (sulfide) groups is 1. The molecule has 70 heavy (non-hydrogen) atoms. The number of hydrogen-bond acceptors (Lipinski definition) is 8. The zero-order valence-corrected chi connectivity index (χ0v) is 40.0. The predicted octanol–water partition coefficient (Wildman–Crippen LogP) is 8.80. The van der Waals surface area contributed by atoms with E-state index in [0.717, 1.165) is 41.2 Å². The molecule has 15 heteroatoms. The molecule has 4 aliphatic rings. The van der Waals surface area contributed by atoms with Gasteiger partial charge in [-0.05, 0) is 82.1 Å². The molecule has 5 aromatic carbocycles. The van der Waals surface area contributed by atoms with Gasteiger partial charge in [-0.25, -0.2) is 14.0 Å². The smallest absolute Gasteiger partial charge is 0.295 e. The number of carbonyl (C=O) groups is 3. The zero-order valence-electron chi connectivity index (χ0n) is 39.2. The van der Waals surface area contributed by atoms with Gasteiger partial charge in [0.15, 0.2) is 0 Å². The fourth-order valence-corrected chi connectivity index (χ4v) is 12.7. The lowest BCUT2D eigenvalue weighted by Gasteiger charge is -2.34. The Bertz CT molecular complexity index is 3400. The fraction of sp³-hybridized carbons (Fsp3) is 0.236. The molecule has 0 radical (unpaired) electrons. The molecule has 12 rings (SSSR count). The van der Waals surface area contributed by atoms with Crippen molar-refractivity contribution in [2.24, 2.45) is 7.05 Å². The number of hydrogen-bond donors (Lipinski definition) is 0. The lowest BCUT2D eigenvalue weighted by molar-refractivity contribution is -0.123. The number of fused-ring (bicyclic) bond motifs is 8. The molecule has 0 N–H and O–H groups in total. The topological polar surface area (TPSA) is 133 Å². The Morgan fingerprint density at radius 1 is 0.571 bits per heavy atom. The van der Waals surface area contributed by atoms with E-state index in [1.807, 2.05) is 159 Å². The Balaban J connectivity index is 0.817. The van der Waals surface area contributed by atoms with Gasteiger partial charge in [0.05, 0.1) is 56.7 Å². The van der Waals surface area contributed by atoms with Gasteiger partial charge in [-0.1, -0.05) is 104 Å². The third-order valence-electron chi connectivity index (χ3n) is 14.5. The molecule has 0 aliphatic carbocycles. The molecule has 3 amide bonds. The van der Waals surface area contributed by atoms with Crippen LogP contribution in [0.5, 0.6) is 11.8 Å². The van der Waals surface area contributed by atoms with Crippen LogP contribution >= 0.6 is 11.8 Å². The van der Waals surface area contributed by atoms with Gasteiger partial charge in [0, 0.05) is 37.0 Å². The van der Waals surface area contributed by atoms with Crippen molar-refractivity contribution >= 4 is 46.5 Å².